The molecule has 1 aromatic carbocycles. The minimum atomic E-state index is -0.486. The first-order chi connectivity index (χ1) is 7.58. The molecular weight excluding hydrogens is 226 g/mol. The number of carbonyl (C=O) groups excluding carboxylic acids is 1. The van der Waals surface area contributed by atoms with Crippen molar-refractivity contribution in [3.05, 3.63) is 40.9 Å². The van der Waals surface area contributed by atoms with Crippen molar-refractivity contribution >= 4 is 23.4 Å². The molecular formula is C12H14ClNO2. The van der Waals surface area contributed by atoms with E-state index in [1.54, 1.807) is 24.3 Å². The molecule has 0 fully saturated rings. The first-order valence-corrected chi connectivity index (χ1v) is 5.28. The quantitative estimate of drug-likeness (QED) is 0.814. The molecule has 16 heavy (non-hydrogen) atoms. The maximum absolute atomic E-state index is 11.3. The van der Waals surface area contributed by atoms with Crippen LogP contribution in [-0.2, 0) is 4.74 Å². The Morgan fingerprint density at radius 1 is 1.50 bits per heavy atom. The number of anilines is 1. The Morgan fingerprint density at radius 2 is 2.25 bits per heavy atom. The third-order valence-corrected chi connectivity index (χ3v) is 2.01. The molecule has 4 heteroatoms. The Hall–Kier alpha value is -1.48. The van der Waals surface area contributed by atoms with Gasteiger partial charge in [-0.05, 0) is 38.1 Å². The van der Waals surface area contributed by atoms with Crippen LogP contribution in [0.3, 0.4) is 0 Å². The minimum Gasteiger partial charge on any atom is -0.445 e. The highest BCUT2D eigenvalue weighted by Gasteiger charge is 2.01. The highest BCUT2D eigenvalue weighted by atomic mass is 35.5. The van der Waals surface area contributed by atoms with E-state index in [-0.39, 0.29) is 6.61 Å². The number of hydrogen-bond acceptors (Lipinski definition) is 2. The monoisotopic (exact) mass is 239 g/mol. The predicted molar refractivity (Wildman–Crippen MR) is 65.9 cm³/mol. The molecule has 3 nitrogen and oxygen atoms in total. The molecule has 0 saturated heterocycles. The van der Waals surface area contributed by atoms with Crippen LogP contribution in [0.1, 0.15) is 13.8 Å². The largest absolute Gasteiger partial charge is 0.445 e. The van der Waals surface area contributed by atoms with Crippen LogP contribution in [0.5, 0.6) is 0 Å². The average Bonchev–Trinajstić information content (AvgIpc) is 2.16. The number of nitrogens with one attached hydrogen (secondary N) is 1. The number of allylic oxidation sites excluding steroid dienone is 1. The summed E-state index contributed by atoms with van der Waals surface area (Å²) in [4.78, 5) is 11.3. The van der Waals surface area contributed by atoms with Crippen molar-refractivity contribution in [2.24, 2.45) is 0 Å². The van der Waals surface area contributed by atoms with Crippen LogP contribution in [0.2, 0.25) is 5.02 Å². The number of benzene rings is 1. The average molecular weight is 240 g/mol. The molecule has 0 spiro atoms. The molecule has 0 aliphatic carbocycles. The summed E-state index contributed by atoms with van der Waals surface area (Å²) in [5, 5.41) is 3.15. The van der Waals surface area contributed by atoms with Crippen LogP contribution in [0.25, 0.3) is 0 Å². The van der Waals surface area contributed by atoms with E-state index in [2.05, 4.69) is 5.32 Å². The lowest BCUT2D eigenvalue weighted by atomic mass is 10.3. The van der Waals surface area contributed by atoms with Gasteiger partial charge in [-0.1, -0.05) is 23.2 Å². The fourth-order valence-corrected chi connectivity index (χ4v) is 1.19. The van der Waals surface area contributed by atoms with E-state index in [1.807, 2.05) is 19.9 Å². The number of ether oxygens (including phenoxy) is 1. The third kappa shape index (κ3) is 4.84. The van der Waals surface area contributed by atoms with Crippen molar-refractivity contribution in [2.75, 3.05) is 11.9 Å². The van der Waals surface area contributed by atoms with E-state index in [0.29, 0.717) is 10.7 Å². The fraction of sp³-hybridized carbons (Fsp3) is 0.250. The molecule has 0 heterocycles. The smallest absolute Gasteiger partial charge is 0.411 e. The minimum absolute atomic E-state index is 0.273. The van der Waals surface area contributed by atoms with Crippen molar-refractivity contribution in [3.63, 3.8) is 0 Å². The van der Waals surface area contributed by atoms with Gasteiger partial charge in [0.05, 0.1) is 0 Å². The van der Waals surface area contributed by atoms with E-state index in [0.717, 1.165) is 5.57 Å². The van der Waals surface area contributed by atoms with Gasteiger partial charge in [0.25, 0.3) is 0 Å². The van der Waals surface area contributed by atoms with Crippen LogP contribution in [0.4, 0.5) is 10.5 Å². The van der Waals surface area contributed by atoms with E-state index < -0.39 is 6.09 Å². The maximum atomic E-state index is 11.3. The zero-order valence-corrected chi connectivity index (χ0v) is 10.0. The van der Waals surface area contributed by atoms with Gasteiger partial charge in [-0.15, -0.1) is 0 Å². The first kappa shape index (κ1) is 12.6. The van der Waals surface area contributed by atoms with Crippen molar-refractivity contribution in [1.29, 1.82) is 0 Å². The molecule has 86 valence electrons. The lowest BCUT2D eigenvalue weighted by Crippen LogP contribution is -2.13. The molecule has 0 bridgehead atoms. The standard InChI is InChI=1S/C12H14ClNO2/c1-9(2)6-7-16-12(15)14-11-5-3-4-10(13)8-11/h3-6,8H,7H2,1-2H3,(H,14,15). The molecule has 0 aromatic heterocycles. The van der Waals surface area contributed by atoms with Gasteiger partial charge in [0.2, 0.25) is 0 Å². The van der Waals surface area contributed by atoms with Crippen molar-refractivity contribution in [2.45, 2.75) is 13.8 Å². The second kappa shape index (κ2) is 6.18. The number of amides is 1. The van der Waals surface area contributed by atoms with E-state index in [1.165, 1.54) is 0 Å². The topological polar surface area (TPSA) is 38.3 Å². The Balaban J connectivity index is 2.43. The highest BCUT2D eigenvalue weighted by Crippen LogP contribution is 2.14. The molecule has 0 atom stereocenters. The molecule has 1 N–H and O–H groups in total. The van der Waals surface area contributed by atoms with Gasteiger partial charge in [-0.3, -0.25) is 5.32 Å². The summed E-state index contributed by atoms with van der Waals surface area (Å²) in [5.74, 6) is 0. The summed E-state index contributed by atoms with van der Waals surface area (Å²) in [6.45, 7) is 4.16. The van der Waals surface area contributed by atoms with E-state index in [9.17, 15) is 4.79 Å². The lowest BCUT2D eigenvalue weighted by molar-refractivity contribution is 0.174. The molecule has 0 unspecified atom stereocenters. The summed E-state index contributed by atoms with van der Waals surface area (Å²) in [6, 6.07) is 6.90. The Morgan fingerprint density at radius 3 is 2.88 bits per heavy atom. The molecule has 0 aliphatic rings. The van der Waals surface area contributed by atoms with E-state index in [4.69, 9.17) is 16.3 Å². The zero-order valence-electron chi connectivity index (χ0n) is 9.29. The molecule has 1 amide bonds. The molecule has 0 saturated carbocycles. The van der Waals surface area contributed by atoms with Gasteiger partial charge in [0, 0.05) is 10.7 Å². The van der Waals surface area contributed by atoms with Gasteiger partial charge in [-0.25, -0.2) is 4.79 Å². The molecule has 0 radical (unpaired) electrons. The maximum Gasteiger partial charge on any atom is 0.411 e. The van der Waals surface area contributed by atoms with Crippen molar-refractivity contribution in [3.8, 4) is 0 Å². The molecule has 1 aromatic rings. The second-order valence-electron chi connectivity index (χ2n) is 3.52. The predicted octanol–water partition coefficient (Wildman–Crippen LogP) is 3.85. The van der Waals surface area contributed by atoms with Crippen LogP contribution >= 0.6 is 11.6 Å². The fourth-order valence-electron chi connectivity index (χ4n) is 1.00. The van der Waals surface area contributed by atoms with Gasteiger partial charge >= 0.3 is 6.09 Å². The Kier molecular flexibility index (Phi) is 4.86. The van der Waals surface area contributed by atoms with Crippen LogP contribution < -0.4 is 5.32 Å². The SMILES string of the molecule is CC(C)=CCOC(=O)Nc1cccc(Cl)c1. The normalized spacial score (nSPS) is 9.44. The number of carbonyl (C=O) groups is 1. The summed E-state index contributed by atoms with van der Waals surface area (Å²) < 4.78 is 4.93. The first-order valence-electron chi connectivity index (χ1n) is 4.90. The Labute approximate surface area is 100 Å². The van der Waals surface area contributed by atoms with Crippen LogP contribution in [-0.4, -0.2) is 12.7 Å². The third-order valence-electron chi connectivity index (χ3n) is 1.78. The summed E-state index contributed by atoms with van der Waals surface area (Å²) in [6.07, 6.45) is 1.34. The van der Waals surface area contributed by atoms with Gasteiger partial charge < -0.3 is 4.74 Å². The zero-order chi connectivity index (χ0) is 12.0. The molecule has 1 rings (SSSR count). The summed E-state index contributed by atoms with van der Waals surface area (Å²) >= 11 is 5.77. The van der Waals surface area contributed by atoms with Crippen LogP contribution in [0.15, 0.2) is 35.9 Å². The summed E-state index contributed by atoms with van der Waals surface area (Å²) in [5.41, 5.74) is 1.73. The van der Waals surface area contributed by atoms with Crippen LogP contribution in [0, 0.1) is 0 Å². The van der Waals surface area contributed by atoms with Crippen molar-refractivity contribution < 1.29 is 9.53 Å². The lowest BCUT2D eigenvalue weighted by Gasteiger charge is -2.05. The highest BCUT2D eigenvalue weighted by molar-refractivity contribution is 6.30. The second-order valence-corrected chi connectivity index (χ2v) is 3.95. The van der Waals surface area contributed by atoms with E-state index >= 15 is 0 Å². The van der Waals surface area contributed by atoms with Gasteiger partial charge in [0.1, 0.15) is 6.61 Å². The summed E-state index contributed by atoms with van der Waals surface area (Å²) in [7, 11) is 0. The number of halogens is 1. The van der Waals surface area contributed by atoms with Gasteiger partial charge in [0.15, 0.2) is 0 Å². The van der Waals surface area contributed by atoms with Crippen molar-refractivity contribution in [1.82, 2.24) is 0 Å². The Bertz CT molecular complexity index is 398. The number of hydrogen-bond donors (Lipinski definition) is 1. The number of rotatable bonds is 3. The molecule has 0 aliphatic heterocycles. The van der Waals surface area contributed by atoms with Gasteiger partial charge in [-0.2, -0.15) is 0 Å².